The molecule has 1 heteroatoms. The molecule has 2 atom stereocenters. The maximum atomic E-state index is 7.49. The molecule has 2 rings (SSSR count). The second-order valence-corrected chi connectivity index (χ2v) is 3.54. The van der Waals surface area contributed by atoms with Crippen LogP contribution < -0.4 is 0 Å². The van der Waals surface area contributed by atoms with Gasteiger partial charge >= 0.3 is 0 Å². The summed E-state index contributed by atoms with van der Waals surface area (Å²) in [5.74, 6) is 1.18. The first-order chi connectivity index (χ1) is 5.79. The Morgan fingerprint density at radius 3 is 2.50 bits per heavy atom. The highest BCUT2D eigenvalue weighted by Gasteiger charge is 2.39. The van der Waals surface area contributed by atoms with Crippen molar-refractivity contribution >= 4 is 5.71 Å². The average molecular weight is 159 g/mol. The molecule has 0 spiro atoms. The third-order valence-corrected chi connectivity index (χ3v) is 2.57. The first-order valence-electron chi connectivity index (χ1n) is 4.39. The van der Waals surface area contributed by atoms with Gasteiger partial charge in [-0.25, -0.2) is 0 Å². The van der Waals surface area contributed by atoms with Gasteiger partial charge < -0.3 is 5.41 Å². The number of hydrogen-bond acceptors (Lipinski definition) is 1. The molecule has 1 nitrogen and oxygen atoms in total. The molecule has 0 aromatic heterocycles. The summed E-state index contributed by atoms with van der Waals surface area (Å²) in [6.45, 7) is 1.91. The lowest BCUT2D eigenvalue weighted by molar-refractivity contribution is 1.04. The van der Waals surface area contributed by atoms with E-state index in [1.165, 1.54) is 12.0 Å². The van der Waals surface area contributed by atoms with Crippen LogP contribution in [0.4, 0.5) is 0 Å². The predicted molar refractivity (Wildman–Crippen MR) is 50.7 cm³/mol. The van der Waals surface area contributed by atoms with E-state index in [4.69, 9.17) is 5.41 Å². The largest absolute Gasteiger partial charge is 0.310 e. The fraction of sp³-hybridized carbons (Fsp3) is 0.364. The van der Waals surface area contributed by atoms with Crippen LogP contribution in [0.15, 0.2) is 30.3 Å². The standard InChI is InChI=1S/C11H13N/c1-8(12)10-7-11(10)9-5-3-2-4-6-9/h2-6,10-12H,7H2,1H3/t10-,11-/m0/s1. The smallest absolute Gasteiger partial charge is 0.00954 e. The van der Waals surface area contributed by atoms with Crippen LogP contribution in [0.25, 0.3) is 0 Å². The first-order valence-corrected chi connectivity index (χ1v) is 4.39. The Labute approximate surface area is 72.9 Å². The fourth-order valence-corrected chi connectivity index (χ4v) is 1.74. The Kier molecular flexibility index (Phi) is 1.72. The Bertz CT molecular complexity index is 289. The summed E-state index contributed by atoms with van der Waals surface area (Å²) < 4.78 is 0. The van der Waals surface area contributed by atoms with Gasteiger partial charge in [-0.05, 0) is 24.8 Å². The van der Waals surface area contributed by atoms with E-state index in [0.29, 0.717) is 11.8 Å². The fourth-order valence-electron chi connectivity index (χ4n) is 1.74. The van der Waals surface area contributed by atoms with Crippen LogP contribution in [0.3, 0.4) is 0 Å². The normalized spacial score (nSPS) is 26.8. The van der Waals surface area contributed by atoms with Crippen molar-refractivity contribution in [3.8, 4) is 0 Å². The van der Waals surface area contributed by atoms with Crippen LogP contribution in [0.2, 0.25) is 0 Å². The van der Waals surface area contributed by atoms with Crippen LogP contribution in [0.1, 0.15) is 24.8 Å². The second kappa shape index (κ2) is 2.74. The molecule has 0 saturated heterocycles. The second-order valence-electron chi connectivity index (χ2n) is 3.54. The minimum absolute atomic E-state index is 0.535. The van der Waals surface area contributed by atoms with Gasteiger partial charge in [0.1, 0.15) is 0 Å². The van der Waals surface area contributed by atoms with E-state index >= 15 is 0 Å². The zero-order valence-corrected chi connectivity index (χ0v) is 7.25. The van der Waals surface area contributed by atoms with E-state index in [-0.39, 0.29) is 0 Å². The molecule has 1 aliphatic carbocycles. The van der Waals surface area contributed by atoms with Gasteiger partial charge in [0.2, 0.25) is 0 Å². The first kappa shape index (κ1) is 7.53. The number of hydrogen-bond donors (Lipinski definition) is 1. The number of benzene rings is 1. The lowest BCUT2D eigenvalue weighted by atomic mass is 10.1. The third kappa shape index (κ3) is 1.27. The number of nitrogens with one attached hydrogen (secondary N) is 1. The van der Waals surface area contributed by atoms with Crippen LogP contribution >= 0.6 is 0 Å². The van der Waals surface area contributed by atoms with Crippen molar-refractivity contribution in [2.75, 3.05) is 0 Å². The van der Waals surface area contributed by atoms with Crippen molar-refractivity contribution in [1.82, 2.24) is 0 Å². The van der Waals surface area contributed by atoms with Gasteiger partial charge in [-0.3, -0.25) is 0 Å². The van der Waals surface area contributed by atoms with E-state index < -0.39 is 0 Å². The van der Waals surface area contributed by atoms with E-state index in [2.05, 4.69) is 24.3 Å². The molecule has 0 aliphatic heterocycles. The Morgan fingerprint density at radius 2 is 2.00 bits per heavy atom. The molecule has 62 valence electrons. The van der Waals surface area contributed by atoms with Gasteiger partial charge in [0, 0.05) is 11.6 Å². The zero-order chi connectivity index (χ0) is 8.55. The van der Waals surface area contributed by atoms with Crippen molar-refractivity contribution < 1.29 is 0 Å². The van der Waals surface area contributed by atoms with Crippen molar-refractivity contribution in [2.24, 2.45) is 5.92 Å². The van der Waals surface area contributed by atoms with Crippen LogP contribution in [-0.2, 0) is 0 Å². The van der Waals surface area contributed by atoms with Crippen molar-refractivity contribution in [3.05, 3.63) is 35.9 Å². The van der Waals surface area contributed by atoms with E-state index in [1.807, 2.05) is 13.0 Å². The molecule has 0 heterocycles. The van der Waals surface area contributed by atoms with Crippen molar-refractivity contribution in [3.63, 3.8) is 0 Å². The summed E-state index contributed by atoms with van der Waals surface area (Å²) in [4.78, 5) is 0. The molecular formula is C11H13N. The molecule has 1 aliphatic rings. The third-order valence-electron chi connectivity index (χ3n) is 2.57. The summed E-state index contributed by atoms with van der Waals surface area (Å²) in [7, 11) is 0. The zero-order valence-electron chi connectivity index (χ0n) is 7.25. The number of rotatable bonds is 2. The van der Waals surface area contributed by atoms with Gasteiger partial charge in [-0.1, -0.05) is 30.3 Å². The summed E-state index contributed by atoms with van der Waals surface area (Å²) in [6, 6.07) is 10.5. The molecule has 0 radical (unpaired) electrons. The van der Waals surface area contributed by atoms with E-state index in [0.717, 1.165) is 5.71 Å². The maximum absolute atomic E-state index is 7.49. The molecule has 1 N–H and O–H groups in total. The molecule has 1 aromatic rings. The highest BCUT2D eigenvalue weighted by molar-refractivity contribution is 5.85. The van der Waals surface area contributed by atoms with E-state index in [1.54, 1.807) is 0 Å². The Hall–Kier alpha value is -1.11. The Balaban J connectivity index is 2.11. The summed E-state index contributed by atoms with van der Waals surface area (Å²) in [6.07, 6.45) is 1.18. The predicted octanol–water partition coefficient (Wildman–Crippen LogP) is 2.83. The maximum Gasteiger partial charge on any atom is 0.00954 e. The molecular weight excluding hydrogens is 146 g/mol. The van der Waals surface area contributed by atoms with Crippen LogP contribution in [-0.4, -0.2) is 5.71 Å². The average Bonchev–Trinajstić information content (AvgIpc) is 2.84. The van der Waals surface area contributed by atoms with Gasteiger partial charge in [0.15, 0.2) is 0 Å². The van der Waals surface area contributed by atoms with Crippen molar-refractivity contribution in [1.29, 1.82) is 5.41 Å². The van der Waals surface area contributed by atoms with E-state index in [9.17, 15) is 0 Å². The highest BCUT2D eigenvalue weighted by Crippen LogP contribution is 2.47. The molecule has 0 bridgehead atoms. The summed E-state index contributed by atoms with van der Waals surface area (Å²) >= 11 is 0. The quantitative estimate of drug-likeness (QED) is 0.641. The highest BCUT2D eigenvalue weighted by atomic mass is 14.5. The van der Waals surface area contributed by atoms with Crippen LogP contribution in [0.5, 0.6) is 0 Å². The minimum Gasteiger partial charge on any atom is -0.310 e. The molecule has 0 amide bonds. The summed E-state index contributed by atoms with van der Waals surface area (Å²) in [5.41, 5.74) is 2.23. The SMILES string of the molecule is CC(=N)[C@@H]1C[C@H]1c1ccccc1. The molecule has 1 saturated carbocycles. The molecule has 0 unspecified atom stereocenters. The monoisotopic (exact) mass is 159 g/mol. The molecule has 12 heavy (non-hydrogen) atoms. The molecule has 1 fully saturated rings. The minimum atomic E-state index is 0.535. The van der Waals surface area contributed by atoms with Gasteiger partial charge in [0.25, 0.3) is 0 Å². The van der Waals surface area contributed by atoms with Crippen LogP contribution in [0, 0.1) is 11.3 Å². The lowest BCUT2D eigenvalue weighted by Gasteiger charge is -1.97. The van der Waals surface area contributed by atoms with Gasteiger partial charge in [0.05, 0.1) is 0 Å². The van der Waals surface area contributed by atoms with Gasteiger partial charge in [-0.2, -0.15) is 0 Å². The lowest BCUT2D eigenvalue weighted by Crippen LogP contribution is -1.93. The summed E-state index contributed by atoms with van der Waals surface area (Å²) in [5, 5.41) is 7.49. The van der Waals surface area contributed by atoms with Crippen molar-refractivity contribution in [2.45, 2.75) is 19.3 Å². The molecule has 1 aromatic carbocycles. The Morgan fingerprint density at radius 1 is 1.33 bits per heavy atom. The van der Waals surface area contributed by atoms with Gasteiger partial charge in [-0.15, -0.1) is 0 Å². The topological polar surface area (TPSA) is 23.9 Å².